The Morgan fingerprint density at radius 1 is 1.06 bits per heavy atom. The zero-order valence-electron chi connectivity index (χ0n) is 36.9. The fourth-order valence-electron chi connectivity index (χ4n) is 9.36. The number of nitrogens with zero attached hydrogens (tertiary/aromatic N) is 3. The van der Waals surface area contributed by atoms with E-state index in [0.717, 1.165) is 56.0 Å². The van der Waals surface area contributed by atoms with Gasteiger partial charge in [0, 0.05) is 37.2 Å². The van der Waals surface area contributed by atoms with Crippen LogP contribution in [-0.2, 0) is 40.4 Å². The molecule has 17 heteroatoms. The Kier molecular flexibility index (Phi) is 12.2. The number of alkyl carbamates (subject to hydrolysis) is 1. The summed E-state index contributed by atoms with van der Waals surface area (Å²) in [6.07, 6.45) is 7.67. The fraction of sp³-hybridized carbons (Fsp3) is 0.652. The Labute approximate surface area is 369 Å². The molecule has 1 aromatic heterocycles. The van der Waals surface area contributed by atoms with Crippen molar-refractivity contribution in [3.05, 3.63) is 42.5 Å². The summed E-state index contributed by atoms with van der Waals surface area (Å²) < 4.78 is 46.7. The molecule has 0 unspecified atom stereocenters. The number of carbonyl (C=O) groups excluding carboxylic acids is 5. The number of benzene rings is 1. The summed E-state index contributed by atoms with van der Waals surface area (Å²) in [5.41, 5.74) is -0.991. The van der Waals surface area contributed by atoms with Crippen LogP contribution in [0.1, 0.15) is 110 Å². The first-order valence-electron chi connectivity index (χ1n) is 22.7. The summed E-state index contributed by atoms with van der Waals surface area (Å²) in [4.78, 5) is 77.3. The Bertz CT molecular complexity index is 2280. The van der Waals surface area contributed by atoms with Gasteiger partial charge in [0.1, 0.15) is 35.6 Å². The van der Waals surface area contributed by atoms with E-state index >= 15 is 0 Å². The molecule has 0 radical (unpaired) electrons. The average Bonchev–Trinajstić information content (AvgIpc) is 4.19. The fourth-order valence-corrected chi connectivity index (χ4v) is 10.7. The summed E-state index contributed by atoms with van der Waals surface area (Å²) in [5, 5.41) is 6.50. The van der Waals surface area contributed by atoms with Crippen molar-refractivity contribution in [1.29, 1.82) is 0 Å². The van der Waals surface area contributed by atoms with Crippen LogP contribution in [0.25, 0.3) is 10.9 Å². The van der Waals surface area contributed by atoms with Gasteiger partial charge in [-0.3, -0.25) is 23.9 Å². The topological polar surface area (TPSA) is 203 Å². The van der Waals surface area contributed by atoms with Gasteiger partial charge in [-0.2, -0.15) is 0 Å². The van der Waals surface area contributed by atoms with Crippen LogP contribution in [0.15, 0.2) is 36.9 Å². The van der Waals surface area contributed by atoms with Crippen LogP contribution in [-0.4, -0.2) is 114 Å². The van der Waals surface area contributed by atoms with E-state index < -0.39 is 73.6 Å². The molecule has 3 aliphatic heterocycles. The third kappa shape index (κ3) is 9.35. The minimum absolute atomic E-state index is 0.00343. The lowest BCUT2D eigenvalue weighted by Crippen LogP contribution is -2.60. The number of ether oxygens (including phenoxy) is 3. The molecule has 1 aromatic carbocycles. The maximum atomic E-state index is 14.9. The third-order valence-corrected chi connectivity index (χ3v) is 16.1. The lowest BCUT2D eigenvalue weighted by molar-refractivity contribution is -0.142. The number of carbonyl (C=O) groups is 5. The molecule has 7 atom stereocenters. The number of fused-ring (bicyclic) bond motifs is 5. The van der Waals surface area contributed by atoms with Crippen LogP contribution in [0.3, 0.4) is 0 Å². The van der Waals surface area contributed by atoms with Crippen LogP contribution in [0.4, 0.5) is 4.79 Å². The number of sulfonamides is 1. The van der Waals surface area contributed by atoms with Crippen molar-refractivity contribution in [3.8, 4) is 11.6 Å². The second-order valence-corrected chi connectivity index (χ2v) is 22.0. The molecule has 2 saturated heterocycles. The largest absolute Gasteiger partial charge is 0.492 e. The minimum atomic E-state index is -4.02. The predicted molar refractivity (Wildman–Crippen MR) is 233 cm³/mol. The number of hydrogen-bond acceptors (Lipinski definition) is 11. The highest BCUT2D eigenvalue weighted by molar-refractivity contribution is 7.91. The molecule has 0 spiro atoms. The third-order valence-electron chi connectivity index (χ3n) is 13.9. The van der Waals surface area contributed by atoms with Crippen LogP contribution in [0.2, 0.25) is 0 Å². The summed E-state index contributed by atoms with van der Waals surface area (Å²) >= 11 is 0. The SMILES string of the molecule is C=C[C@@H]1C[C@]1(NC(=O)[C@@H]1C[C@@H]2CN1C(=O)[C@H](C(C)(C)C)NC(=O)O[C@@H]1C[C@H]1CCCCCc1c(nc3ccccc3c1OCCCN1CCCC1=O)O2)C(=O)NS(=O)(=O)C1(C)CC1. The van der Waals surface area contributed by atoms with Gasteiger partial charge in [-0.05, 0) is 88.2 Å². The molecule has 4 heterocycles. The van der Waals surface area contributed by atoms with E-state index in [9.17, 15) is 32.4 Å². The molecule has 2 bridgehead atoms. The normalized spacial score (nSPS) is 29.5. The minimum Gasteiger partial charge on any atom is -0.492 e. The lowest BCUT2D eigenvalue weighted by Gasteiger charge is -2.35. The van der Waals surface area contributed by atoms with E-state index in [0.29, 0.717) is 62.4 Å². The molecule has 6 aliphatic rings. The second kappa shape index (κ2) is 17.2. The molecule has 5 fully saturated rings. The van der Waals surface area contributed by atoms with Crippen LogP contribution in [0, 0.1) is 17.3 Å². The van der Waals surface area contributed by atoms with Gasteiger partial charge in [-0.15, -0.1) is 6.58 Å². The van der Waals surface area contributed by atoms with Crippen molar-refractivity contribution in [1.82, 2.24) is 30.1 Å². The molecule has 8 rings (SSSR count). The van der Waals surface area contributed by atoms with Gasteiger partial charge in [-0.25, -0.2) is 18.2 Å². The zero-order chi connectivity index (χ0) is 44.9. The number of amides is 5. The Morgan fingerprint density at radius 2 is 1.84 bits per heavy atom. The van der Waals surface area contributed by atoms with Gasteiger partial charge >= 0.3 is 6.09 Å². The van der Waals surface area contributed by atoms with Crippen molar-refractivity contribution >= 4 is 50.6 Å². The average molecular weight is 891 g/mol. The van der Waals surface area contributed by atoms with Crippen molar-refractivity contribution in [2.75, 3.05) is 26.2 Å². The maximum Gasteiger partial charge on any atom is 0.408 e. The number of aromatic nitrogens is 1. The Morgan fingerprint density at radius 3 is 2.54 bits per heavy atom. The number of nitrogens with one attached hydrogen (secondary N) is 3. The van der Waals surface area contributed by atoms with Gasteiger partial charge in [0.2, 0.25) is 33.6 Å². The molecule has 5 amide bonds. The first kappa shape index (κ1) is 44.7. The Hall–Kier alpha value is -4.93. The summed E-state index contributed by atoms with van der Waals surface area (Å²) in [7, 11) is -4.02. The van der Waals surface area contributed by atoms with Crippen molar-refractivity contribution < 1.29 is 46.6 Å². The molecule has 3 saturated carbocycles. The van der Waals surface area contributed by atoms with Crippen molar-refractivity contribution in [2.24, 2.45) is 17.3 Å². The number of pyridine rings is 1. The Balaban J connectivity index is 1.12. The van der Waals surface area contributed by atoms with Crippen molar-refractivity contribution in [2.45, 2.75) is 146 Å². The highest BCUT2D eigenvalue weighted by Crippen LogP contribution is 2.47. The summed E-state index contributed by atoms with van der Waals surface area (Å²) in [5.74, 6) is -1.24. The molecule has 342 valence electrons. The predicted octanol–water partition coefficient (Wildman–Crippen LogP) is 4.68. The van der Waals surface area contributed by atoms with Gasteiger partial charge in [0.25, 0.3) is 5.91 Å². The zero-order valence-corrected chi connectivity index (χ0v) is 37.7. The first-order chi connectivity index (χ1) is 29.9. The highest BCUT2D eigenvalue weighted by Gasteiger charge is 2.63. The van der Waals surface area contributed by atoms with E-state index in [2.05, 4.69) is 21.9 Å². The molecule has 3 N–H and O–H groups in total. The summed E-state index contributed by atoms with van der Waals surface area (Å²) in [6, 6.07) is 5.38. The maximum absolute atomic E-state index is 14.9. The van der Waals surface area contributed by atoms with Gasteiger partial charge in [0.15, 0.2) is 0 Å². The quantitative estimate of drug-likeness (QED) is 0.209. The van der Waals surface area contributed by atoms with E-state index in [1.807, 2.05) is 49.9 Å². The van der Waals surface area contributed by atoms with Gasteiger partial charge in [-0.1, -0.05) is 51.8 Å². The standard InChI is InChI=1S/C46H62N6O10S/c1-6-29-26-46(29,42(56)50-63(58,59)45(5)19-20-45)49-39(54)34-25-30-27-52(34)41(55)38(44(2,3)4)48-43(57)62-35-24-28(35)14-8-7-9-16-32-37(60-23-13-22-51-21-12-18-36(51)53)31-15-10-11-17-33(31)47-40(32)61-30/h6,10-11,15,17,28-30,34-35,38H,1,7-9,12-14,16,18-27H2,2-5H3,(H,48,57)(H,49,54)(H,50,56)/t28-,29-,30-,34+,35-,38-,46-/m1/s1. The van der Waals surface area contributed by atoms with Crippen LogP contribution in [0.5, 0.6) is 11.6 Å². The van der Waals surface area contributed by atoms with Gasteiger partial charge < -0.3 is 34.6 Å². The van der Waals surface area contributed by atoms with Crippen LogP contribution >= 0.6 is 0 Å². The molecule has 16 nitrogen and oxygen atoms in total. The van der Waals surface area contributed by atoms with E-state index in [4.69, 9.17) is 19.2 Å². The number of likely N-dealkylation sites (tertiary alicyclic amines) is 1. The molecular formula is C46H62N6O10S. The van der Waals surface area contributed by atoms with Gasteiger partial charge in [0.05, 0.1) is 29.0 Å². The molecule has 63 heavy (non-hydrogen) atoms. The molecule has 3 aliphatic carbocycles. The lowest BCUT2D eigenvalue weighted by atomic mass is 9.85. The highest BCUT2D eigenvalue weighted by atomic mass is 32.2. The summed E-state index contributed by atoms with van der Waals surface area (Å²) in [6.45, 7) is 12.5. The van der Waals surface area contributed by atoms with E-state index in [-0.39, 0.29) is 37.3 Å². The number of rotatable bonds is 11. The number of hydrogen-bond donors (Lipinski definition) is 3. The van der Waals surface area contributed by atoms with Crippen LogP contribution < -0.4 is 24.8 Å². The monoisotopic (exact) mass is 890 g/mol. The van der Waals surface area contributed by atoms with E-state index in [1.54, 1.807) is 6.92 Å². The van der Waals surface area contributed by atoms with E-state index in [1.165, 1.54) is 11.0 Å². The smallest absolute Gasteiger partial charge is 0.408 e. The first-order valence-corrected chi connectivity index (χ1v) is 24.2. The molecular weight excluding hydrogens is 829 g/mol. The number of para-hydroxylation sites is 1. The van der Waals surface area contributed by atoms with Crippen molar-refractivity contribution in [3.63, 3.8) is 0 Å². The second-order valence-electron chi connectivity index (χ2n) is 19.8. The molecule has 2 aromatic rings.